The molecule has 1 atom stereocenters. The van der Waals surface area contributed by atoms with Crippen LogP contribution >= 0.6 is 0 Å². The summed E-state index contributed by atoms with van der Waals surface area (Å²) in [6, 6.07) is 5.67. The number of allylic oxidation sites excluding steroid dienone is 1. The van der Waals surface area contributed by atoms with Gasteiger partial charge in [0.25, 0.3) is 0 Å². The number of hydrogen-bond acceptors (Lipinski definition) is 1. The molecular formula is C11H10F3O+. The van der Waals surface area contributed by atoms with Crippen molar-refractivity contribution in [1.29, 1.82) is 0 Å². The van der Waals surface area contributed by atoms with E-state index in [1.54, 1.807) is 12.1 Å². The summed E-state index contributed by atoms with van der Waals surface area (Å²) >= 11 is 0. The minimum absolute atomic E-state index is 0.00932. The summed E-state index contributed by atoms with van der Waals surface area (Å²) in [5.74, 6) is -0.229. The lowest BCUT2D eigenvalue weighted by Gasteiger charge is -2.08. The van der Waals surface area contributed by atoms with Gasteiger partial charge in [-0.15, -0.1) is 13.2 Å². The van der Waals surface area contributed by atoms with Crippen LogP contribution in [0.25, 0.3) is 0 Å². The molecule has 0 bridgehead atoms. The van der Waals surface area contributed by atoms with Crippen LogP contribution in [0.4, 0.5) is 13.2 Å². The number of alkyl halides is 3. The molecule has 0 aliphatic carbocycles. The van der Waals surface area contributed by atoms with Crippen molar-refractivity contribution < 1.29 is 17.9 Å². The van der Waals surface area contributed by atoms with Gasteiger partial charge in [-0.3, -0.25) is 0 Å². The average Bonchev–Trinajstić information content (AvgIpc) is 2.15. The highest BCUT2D eigenvalue weighted by molar-refractivity contribution is 5.30. The van der Waals surface area contributed by atoms with Gasteiger partial charge in [0.1, 0.15) is 12.3 Å². The quantitative estimate of drug-likeness (QED) is 0.699. The van der Waals surface area contributed by atoms with Crippen molar-refractivity contribution in [1.82, 2.24) is 0 Å². The summed E-state index contributed by atoms with van der Waals surface area (Å²) in [5.41, 5.74) is 0.847. The standard InChI is InChI=1S/C11H10F3O/c1-3-8(2)9-4-6-10(7-5-9)15-11(12,13)14/h4-8H,1H2,2H3/q+1. The van der Waals surface area contributed by atoms with Crippen LogP contribution in [0.3, 0.4) is 0 Å². The molecule has 1 aromatic rings. The van der Waals surface area contributed by atoms with Crippen LogP contribution in [0, 0.1) is 6.08 Å². The largest absolute Gasteiger partial charge is 0.573 e. The lowest BCUT2D eigenvalue weighted by atomic mass is 10.0. The first-order valence-corrected chi connectivity index (χ1v) is 4.30. The fourth-order valence-corrected chi connectivity index (χ4v) is 1.08. The highest BCUT2D eigenvalue weighted by atomic mass is 19.4. The fourth-order valence-electron chi connectivity index (χ4n) is 1.08. The zero-order chi connectivity index (χ0) is 11.5. The summed E-state index contributed by atoms with van der Waals surface area (Å²) in [5, 5.41) is 0. The monoisotopic (exact) mass is 215 g/mol. The molecule has 4 heteroatoms. The van der Waals surface area contributed by atoms with Crippen LogP contribution in [-0.2, 0) is 0 Å². The number of ether oxygens (including phenoxy) is 1. The van der Waals surface area contributed by atoms with Gasteiger partial charge in [-0.2, -0.15) is 0 Å². The summed E-state index contributed by atoms with van der Waals surface area (Å²) in [7, 11) is 0. The summed E-state index contributed by atoms with van der Waals surface area (Å²) < 4.78 is 39.2. The van der Waals surface area contributed by atoms with Gasteiger partial charge in [0.05, 0.1) is 0 Å². The Morgan fingerprint density at radius 1 is 1.27 bits per heavy atom. The van der Waals surface area contributed by atoms with E-state index in [9.17, 15) is 13.2 Å². The van der Waals surface area contributed by atoms with Crippen molar-refractivity contribution in [3.8, 4) is 5.75 Å². The SMILES string of the molecule is C=[C+]C(C)c1ccc(OC(F)(F)F)cc1. The molecule has 15 heavy (non-hydrogen) atoms. The lowest BCUT2D eigenvalue weighted by molar-refractivity contribution is -0.274. The number of halogens is 3. The highest BCUT2D eigenvalue weighted by Crippen LogP contribution is 2.24. The molecule has 0 aliphatic heterocycles. The molecule has 1 nitrogen and oxygen atoms in total. The summed E-state index contributed by atoms with van der Waals surface area (Å²) in [4.78, 5) is 0. The van der Waals surface area contributed by atoms with E-state index in [-0.39, 0.29) is 11.7 Å². The second-order valence-corrected chi connectivity index (χ2v) is 3.04. The number of hydrogen-bond donors (Lipinski definition) is 0. The van der Waals surface area contributed by atoms with Crippen molar-refractivity contribution in [2.24, 2.45) is 0 Å². The summed E-state index contributed by atoms with van der Waals surface area (Å²) in [6.45, 7) is 5.34. The average molecular weight is 215 g/mol. The third kappa shape index (κ3) is 3.60. The maximum absolute atomic E-state index is 11.8. The van der Waals surface area contributed by atoms with Gasteiger partial charge in [-0.05, 0) is 19.1 Å². The van der Waals surface area contributed by atoms with E-state index >= 15 is 0 Å². The molecule has 1 unspecified atom stereocenters. The molecule has 1 rings (SSSR count). The number of rotatable bonds is 3. The Hall–Kier alpha value is -1.54. The van der Waals surface area contributed by atoms with E-state index in [0.717, 1.165) is 5.56 Å². The zero-order valence-electron chi connectivity index (χ0n) is 8.14. The van der Waals surface area contributed by atoms with Gasteiger partial charge >= 0.3 is 6.36 Å². The Balaban J connectivity index is 2.77. The van der Waals surface area contributed by atoms with E-state index in [0.29, 0.717) is 0 Å². The molecule has 0 heterocycles. The highest BCUT2D eigenvalue weighted by Gasteiger charge is 2.31. The Kier molecular flexibility index (Phi) is 3.32. The molecule has 0 aliphatic rings. The molecule has 0 fully saturated rings. The molecule has 0 radical (unpaired) electrons. The fraction of sp³-hybridized carbons (Fsp3) is 0.273. The predicted octanol–water partition coefficient (Wildman–Crippen LogP) is 3.68. The molecule has 0 aromatic heterocycles. The molecule has 0 saturated heterocycles. The first-order valence-electron chi connectivity index (χ1n) is 4.30. The zero-order valence-corrected chi connectivity index (χ0v) is 8.14. The molecular weight excluding hydrogens is 205 g/mol. The van der Waals surface area contributed by atoms with Gasteiger partial charge in [0.15, 0.2) is 5.92 Å². The second-order valence-electron chi connectivity index (χ2n) is 3.04. The van der Waals surface area contributed by atoms with Gasteiger partial charge in [-0.1, -0.05) is 12.1 Å². The lowest BCUT2D eigenvalue weighted by Crippen LogP contribution is -2.17. The Labute approximate surface area is 86.2 Å². The molecule has 0 N–H and O–H groups in total. The van der Waals surface area contributed by atoms with Gasteiger partial charge in [0.2, 0.25) is 6.08 Å². The summed E-state index contributed by atoms with van der Waals surface area (Å²) in [6.07, 6.45) is -1.91. The number of benzene rings is 1. The van der Waals surface area contributed by atoms with Crippen LogP contribution in [0.2, 0.25) is 0 Å². The Morgan fingerprint density at radius 2 is 1.80 bits per heavy atom. The topological polar surface area (TPSA) is 9.23 Å². The third-order valence-corrected chi connectivity index (χ3v) is 1.92. The third-order valence-electron chi connectivity index (χ3n) is 1.92. The predicted molar refractivity (Wildman–Crippen MR) is 50.4 cm³/mol. The smallest absolute Gasteiger partial charge is 0.406 e. The van der Waals surface area contributed by atoms with E-state index < -0.39 is 6.36 Å². The Bertz CT molecular complexity index is 327. The Morgan fingerprint density at radius 3 is 2.20 bits per heavy atom. The van der Waals surface area contributed by atoms with Crippen molar-refractivity contribution in [3.63, 3.8) is 0 Å². The van der Waals surface area contributed by atoms with E-state index in [1.165, 1.54) is 12.1 Å². The van der Waals surface area contributed by atoms with Crippen molar-refractivity contribution in [2.45, 2.75) is 19.2 Å². The normalized spacial score (nSPS) is 13.1. The van der Waals surface area contributed by atoms with E-state index in [2.05, 4.69) is 17.4 Å². The molecule has 0 saturated carbocycles. The first-order chi connectivity index (χ1) is 6.92. The van der Waals surface area contributed by atoms with Crippen LogP contribution in [-0.4, -0.2) is 6.36 Å². The minimum atomic E-state index is -4.64. The van der Waals surface area contributed by atoms with Crippen molar-refractivity contribution >= 4 is 0 Å². The molecule has 80 valence electrons. The second kappa shape index (κ2) is 4.32. The van der Waals surface area contributed by atoms with Crippen LogP contribution < -0.4 is 4.74 Å². The molecule has 0 amide bonds. The minimum Gasteiger partial charge on any atom is -0.406 e. The van der Waals surface area contributed by atoms with E-state index in [1.807, 2.05) is 6.92 Å². The van der Waals surface area contributed by atoms with Gasteiger partial charge < -0.3 is 4.74 Å². The molecule has 1 aromatic carbocycles. The van der Waals surface area contributed by atoms with Crippen LogP contribution in [0.15, 0.2) is 30.8 Å². The van der Waals surface area contributed by atoms with Crippen molar-refractivity contribution in [3.05, 3.63) is 42.5 Å². The van der Waals surface area contributed by atoms with Gasteiger partial charge in [0, 0.05) is 5.56 Å². The molecule has 0 spiro atoms. The maximum atomic E-state index is 11.8. The van der Waals surface area contributed by atoms with Crippen LogP contribution in [0.5, 0.6) is 5.75 Å². The van der Waals surface area contributed by atoms with Crippen molar-refractivity contribution in [2.75, 3.05) is 0 Å². The van der Waals surface area contributed by atoms with Crippen LogP contribution in [0.1, 0.15) is 18.4 Å². The first kappa shape index (κ1) is 11.5. The van der Waals surface area contributed by atoms with Gasteiger partial charge in [-0.25, -0.2) is 0 Å². The van der Waals surface area contributed by atoms with E-state index in [4.69, 9.17) is 0 Å². The maximum Gasteiger partial charge on any atom is 0.573 e.